The van der Waals surface area contributed by atoms with Crippen LogP contribution in [0.5, 0.6) is 0 Å². The van der Waals surface area contributed by atoms with Gasteiger partial charge in [-0.1, -0.05) is 91.9 Å². The molecule has 226 valence electrons. The molecule has 1 aliphatic rings. The van der Waals surface area contributed by atoms with E-state index in [0.29, 0.717) is 5.92 Å². The highest BCUT2D eigenvalue weighted by atomic mass is 16.3. The quantitative estimate of drug-likeness (QED) is 0.206. The molecule has 0 saturated heterocycles. The molecule has 0 bridgehead atoms. The van der Waals surface area contributed by atoms with Gasteiger partial charge in [-0.25, -0.2) is 0 Å². The maximum atomic E-state index is 6.65. The lowest BCUT2D eigenvalue weighted by Gasteiger charge is -2.21. The van der Waals surface area contributed by atoms with Crippen LogP contribution in [0.2, 0.25) is 0 Å². The highest BCUT2D eigenvalue weighted by Gasteiger charge is 2.28. The Kier molecular flexibility index (Phi) is 5.15. The number of hydrogen-bond acceptors (Lipinski definition) is 1. The first-order chi connectivity index (χ1) is 23.7. The van der Waals surface area contributed by atoms with Gasteiger partial charge in [0.1, 0.15) is 11.3 Å². The van der Waals surface area contributed by atoms with Gasteiger partial charge in [-0.2, -0.15) is 0 Å². The van der Waals surface area contributed by atoms with Crippen molar-refractivity contribution in [1.82, 2.24) is 9.55 Å². The Hall–Kier alpha value is -6.06. The zero-order chi connectivity index (χ0) is 31.5. The number of furan rings is 1. The van der Waals surface area contributed by atoms with Crippen molar-refractivity contribution in [3.63, 3.8) is 0 Å². The molecule has 1 atom stereocenters. The van der Waals surface area contributed by atoms with Crippen LogP contribution in [0.25, 0.3) is 93.5 Å². The molecule has 1 N–H and O–H groups in total. The van der Waals surface area contributed by atoms with Crippen LogP contribution >= 0.6 is 0 Å². The summed E-state index contributed by atoms with van der Waals surface area (Å²) in [6.07, 6.45) is 0.973. The predicted octanol–water partition coefficient (Wildman–Crippen LogP) is 12.3. The number of benzene rings is 7. The molecule has 1 unspecified atom stereocenters. The minimum Gasteiger partial charge on any atom is -0.456 e. The van der Waals surface area contributed by atoms with Crippen LogP contribution in [-0.4, -0.2) is 9.55 Å². The standard InChI is InChI=1S/C45H30N2O/c1-26-23-36-44-41(48-45(36)33-14-8-7-12-31(26)33)22-19-38-43(44)34-24-28(15-18-37(34)46-38)29-17-20-39-35(25-29)42-32-13-6-5-9-27(32)16-21-40(42)47(39)30-10-3-2-4-11-30/h2-22,24-26,46H,23H2,1H3. The second kappa shape index (κ2) is 9.49. The van der Waals surface area contributed by atoms with Gasteiger partial charge >= 0.3 is 0 Å². The third-order valence-electron chi connectivity index (χ3n) is 10.8. The van der Waals surface area contributed by atoms with E-state index in [1.807, 2.05) is 0 Å². The molecule has 48 heavy (non-hydrogen) atoms. The van der Waals surface area contributed by atoms with Gasteiger partial charge in [0.2, 0.25) is 0 Å². The Morgan fingerprint density at radius 2 is 1.35 bits per heavy atom. The van der Waals surface area contributed by atoms with E-state index in [1.54, 1.807) is 0 Å². The molecule has 0 amide bonds. The second-order valence-corrected chi connectivity index (χ2v) is 13.4. The monoisotopic (exact) mass is 614 g/mol. The van der Waals surface area contributed by atoms with Gasteiger partial charge in [-0.3, -0.25) is 0 Å². The molecule has 7 aromatic carbocycles. The number of aromatic nitrogens is 2. The number of fused-ring (bicyclic) bond motifs is 14. The zero-order valence-electron chi connectivity index (χ0n) is 26.4. The summed E-state index contributed by atoms with van der Waals surface area (Å²) in [5.74, 6) is 1.47. The van der Waals surface area contributed by atoms with Crippen molar-refractivity contribution in [2.75, 3.05) is 0 Å². The van der Waals surface area contributed by atoms with Gasteiger partial charge in [0.15, 0.2) is 0 Å². The van der Waals surface area contributed by atoms with Crippen LogP contribution in [0.15, 0.2) is 144 Å². The normalized spacial score (nSPS) is 14.5. The molecule has 11 rings (SSSR count). The predicted molar refractivity (Wildman–Crippen MR) is 200 cm³/mol. The second-order valence-electron chi connectivity index (χ2n) is 13.4. The lowest BCUT2D eigenvalue weighted by atomic mass is 9.82. The van der Waals surface area contributed by atoms with E-state index >= 15 is 0 Å². The highest BCUT2D eigenvalue weighted by molar-refractivity contribution is 6.23. The van der Waals surface area contributed by atoms with Crippen molar-refractivity contribution >= 4 is 65.4 Å². The van der Waals surface area contributed by atoms with Gasteiger partial charge in [0.05, 0.1) is 11.0 Å². The van der Waals surface area contributed by atoms with Crippen LogP contribution in [0.1, 0.15) is 24.0 Å². The molecule has 0 saturated carbocycles. The number of para-hydroxylation sites is 1. The third kappa shape index (κ3) is 3.48. The summed E-state index contributed by atoms with van der Waals surface area (Å²) in [5.41, 5.74) is 13.2. The van der Waals surface area contributed by atoms with E-state index in [4.69, 9.17) is 4.42 Å². The van der Waals surface area contributed by atoms with Crippen molar-refractivity contribution in [3.05, 3.63) is 151 Å². The Labute approximate surface area is 276 Å². The topological polar surface area (TPSA) is 33.9 Å². The van der Waals surface area contributed by atoms with E-state index < -0.39 is 0 Å². The molecule has 0 radical (unpaired) electrons. The van der Waals surface area contributed by atoms with Crippen LogP contribution in [-0.2, 0) is 6.42 Å². The van der Waals surface area contributed by atoms with Gasteiger partial charge in [-0.15, -0.1) is 0 Å². The van der Waals surface area contributed by atoms with Crippen molar-refractivity contribution in [1.29, 1.82) is 0 Å². The van der Waals surface area contributed by atoms with E-state index in [1.165, 1.54) is 82.2 Å². The summed E-state index contributed by atoms with van der Waals surface area (Å²) >= 11 is 0. The average molecular weight is 615 g/mol. The summed E-state index contributed by atoms with van der Waals surface area (Å²) in [4.78, 5) is 3.73. The Morgan fingerprint density at radius 1 is 0.604 bits per heavy atom. The summed E-state index contributed by atoms with van der Waals surface area (Å²) in [6, 6.07) is 50.9. The first-order valence-corrected chi connectivity index (χ1v) is 16.8. The summed E-state index contributed by atoms with van der Waals surface area (Å²) in [5, 5.41) is 8.84. The molecule has 10 aromatic rings. The van der Waals surface area contributed by atoms with Crippen LogP contribution in [0, 0.1) is 0 Å². The van der Waals surface area contributed by atoms with Crippen molar-refractivity contribution in [3.8, 4) is 28.1 Å². The lowest BCUT2D eigenvalue weighted by molar-refractivity contribution is 0.611. The number of rotatable bonds is 2. The molecular weight excluding hydrogens is 585 g/mol. The molecule has 3 heteroatoms. The SMILES string of the molecule is CC1Cc2c(oc3ccc4[nH]c5ccc(-c6ccc7c(c6)c6c8ccccc8ccc6n7-c6ccccc6)cc5c4c23)-c2ccccc21. The first kappa shape index (κ1) is 26.1. The fraction of sp³-hybridized carbons (Fsp3) is 0.0667. The molecule has 0 spiro atoms. The largest absolute Gasteiger partial charge is 0.456 e. The van der Waals surface area contributed by atoms with E-state index in [9.17, 15) is 0 Å². The Morgan fingerprint density at radius 3 is 2.27 bits per heavy atom. The van der Waals surface area contributed by atoms with E-state index in [2.05, 4.69) is 156 Å². The first-order valence-electron chi connectivity index (χ1n) is 16.8. The molecule has 3 heterocycles. The molecule has 0 fully saturated rings. The summed E-state index contributed by atoms with van der Waals surface area (Å²) in [6.45, 7) is 2.34. The smallest absolute Gasteiger partial charge is 0.138 e. The van der Waals surface area contributed by atoms with Gasteiger partial charge in [0.25, 0.3) is 0 Å². The Balaban J connectivity index is 1.17. The van der Waals surface area contributed by atoms with E-state index in [0.717, 1.165) is 28.8 Å². The molecule has 3 nitrogen and oxygen atoms in total. The Bertz CT molecular complexity index is 2940. The minimum absolute atomic E-state index is 0.436. The minimum atomic E-state index is 0.436. The zero-order valence-corrected chi connectivity index (χ0v) is 26.4. The van der Waals surface area contributed by atoms with Crippen LogP contribution in [0.4, 0.5) is 0 Å². The highest BCUT2D eigenvalue weighted by Crippen LogP contribution is 2.48. The summed E-state index contributed by atoms with van der Waals surface area (Å²) < 4.78 is 9.06. The molecule has 1 aliphatic carbocycles. The van der Waals surface area contributed by atoms with Crippen molar-refractivity contribution < 1.29 is 4.42 Å². The van der Waals surface area contributed by atoms with Gasteiger partial charge in [0, 0.05) is 54.8 Å². The number of nitrogens with one attached hydrogen (secondary N) is 1. The maximum Gasteiger partial charge on any atom is 0.138 e. The van der Waals surface area contributed by atoms with Crippen LogP contribution < -0.4 is 0 Å². The van der Waals surface area contributed by atoms with Crippen molar-refractivity contribution in [2.45, 2.75) is 19.3 Å². The fourth-order valence-electron chi connectivity index (χ4n) is 8.61. The maximum absolute atomic E-state index is 6.65. The lowest BCUT2D eigenvalue weighted by Crippen LogP contribution is -2.06. The number of nitrogens with zero attached hydrogens (tertiary/aromatic N) is 1. The molecule has 3 aromatic heterocycles. The third-order valence-corrected chi connectivity index (χ3v) is 10.8. The van der Waals surface area contributed by atoms with Gasteiger partial charge < -0.3 is 14.0 Å². The van der Waals surface area contributed by atoms with E-state index in [-0.39, 0.29) is 0 Å². The summed E-state index contributed by atoms with van der Waals surface area (Å²) in [7, 11) is 0. The number of hydrogen-bond donors (Lipinski definition) is 1. The molecular formula is C45H30N2O. The average Bonchev–Trinajstić information content (AvgIpc) is 3.81. The van der Waals surface area contributed by atoms with Crippen molar-refractivity contribution in [2.24, 2.45) is 0 Å². The molecule has 0 aliphatic heterocycles. The van der Waals surface area contributed by atoms with Crippen LogP contribution in [0.3, 0.4) is 0 Å². The number of aromatic amines is 1. The van der Waals surface area contributed by atoms with Gasteiger partial charge in [-0.05, 0) is 94.4 Å². The number of H-pyrrole nitrogens is 1. The fourth-order valence-corrected chi connectivity index (χ4v) is 8.61.